The van der Waals surface area contributed by atoms with Gasteiger partial charge in [-0.3, -0.25) is 0 Å². The molecule has 1 N–H and O–H groups in total. The van der Waals surface area contributed by atoms with Crippen molar-refractivity contribution in [3.63, 3.8) is 0 Å². The number of hydrogen-bond acceptors (Lipinski definition) is 3. The van der Waals surface area contributed by atoms with Crippen molar-refractivity contribution in [3.05, 3.63) is 57.8 Å². The molecule has 2 aromatic carbocycles. The topological polar surface area (TPSA) is 38.7 Å². The summed E-state index contributed by atoms with van der Waals surface area (Å²) in [6.07, 6.45) is -0.860. The van der Waals surface area contributed by atoms with Crippen molar-refractivity contribution in [1.82, 2.24) is 0 Å². The summed E-state index contributed by atoms with van der Waals surface area (Å²) in [6, 6.07) is 9.28. The van der Waals surface area contributed by atoms with Crippen LogP contribution in [0.15, 0.2) is 40.9 Å². The Morgan fingerprint density at radius 1 is 1.05 bits per heavy atom. The van der Waals surface area contributed by atoms with Crippen molar-refractivity contribution in [3.8, 4) is 11.5 Å². The van der Waals surface area contributed by atoms with Gasteiger partial charge in [-0.25, -0.2) is 4.39 Å². The maximum Gasteiger partial charge on any atom is 0.162 e. The third-order valence-electron chi connectivity index (χ3n) is 3.14. The lowest BCUT2D eigenvalue weighted by Gasteiger charge is -2.21. The second kappa shape index (κ2) is 5.42. The van der Waals surface area contributed by atoms with Crippen molar-refractivity contribution >= 4 is 15.9 Å². The number of aliphatic hydroxyl groups excluding tert-OH is 1. The minimum Gasteiger partial charge on any atom is -0.486 e. The third-order valence-corrected chi connectivity index (χ3v) is 3.83. The van der Waals surface area contributed by atoms with Crippen LogP contribution >= 0.6 is 15.9 Å². The number of hydrogen-bond donors (Lipinski definition) is 1. The molecular weight excluding hydrogens is 327 g/mol. The van der Waals surface area contributed by atoms with Gasteiger partial charge in [0.15, 0.2) is 11.5 Å². The van der Waals surface area contributed by atoms with Gasteiger partial charge in [0, 0.05) is 10.0 Å². The normalized spacial score (nSPS) is 14.9. The van der Waals surface area contributed by atoms with Gasteiger partial charge in [0.2, 0.25) is 0 Å². The van der Waals surface area contributed by atoms with Crippen LogP contribution < -0.4 is 9.47 Å². The number of ether oxygens (including phenoxy) is 2. The molecule has 2 aromatic rings. The van der Waals surface area contributed by atoms with Crippen LogP contribution in [-0.4, -0.2) is 18.3 Å². The molecule has 3 nitrogen and oxygen atoms in total. The molecule has 1 heterocycles. The van der Waals surface area contributed by atoms with Crippen molar-refractivity contribution in [2.45, 2.75) is 6.10 Å². The molecule has 0 saturated carbocycles. The maximum absolute atomic E-state index is 12.9. The predicted molar refractivity (Wildman–Crippen MR) is 75.6 cm³/mol. The zero-order chi connectivity index (χ0) is 14.1. The SMILES string of the molecule is OC(c1ccc(F)cc1)c1cc2c(cc1Br)OCCO2. The molecule has 3 rings (SSSR count). The van der Waals surface area contributed by atoms with E-state index in [1.807, 2.05) is 0 Å². The van der Waals surface area contributed by atoms with Gasteiger partial charge in [-0.05, 0) is 29.8 Å². The molecule has 104 valence electrons. The van der Waals surface area contributed by atoms with E-state index in [2.05, 4.69) is 15.9 Å². The summed E-state index contributed by atoms with van der Waals surface area (Å²) in [5.41, 5.74) is 1.27. The quantitative estimate of drug-likeness (QED) is 0.911. The molecule has 0 radical (unpaired) electrons. The Morgan fingerprint density at radius 3 is 2.30 bits per heavy atom. The van der Waals surface area contributed by atoms with Crippen LogP contribution in [0.2, 0.25) is 0 Å². The van der Waals surface area contributed by atoms with E-state index in [4.69, 9.17) is 9.47 Å². The molecule has 0 bridgehead atoms. The minimum atomic E-state index is -0.860. The van der Waals surface area contributed by atoms with Crippen molar-refractivity contribution in [1.29, 1.82) is 0 Å². The zero-order valence-electron chi connectivity index (χ0n) is 10.5. The first-order valence-electron chi connectivity index (χ1n) is 6.18. The molecule has 0 amide bonds. The van der Waals surface area contributed by atoms with E-state index >= 15 is 0 Å². The summed E-state index contributed by atoms with van der Waals surface area (Å²) in [6.45, 7) is 1.00. The molecule has 1 aliphatic rings. The standard InChI is InChI=1S/C15H12BrFO3/c16-12-8-14-13(19-5-6-20-14)7-11(12)15(18)9-1-3-10(17)4-2-9/h1-4,7-8,15,18H,5-6H2. The van der Waals surface area contributed by atoms with Gasteiger partial charge in [0.05, 0.1) is 0 Å². The Hall–Kier alpha value is -1.59. The highest BCUT2D eigenvalue weighted by Crippen LogP contribution is 2.39. The van der Waals surface area contributed by atoms with Crippen LogP contribution in [-0.2, 0) is 0 Å². The number of rotatable bonds is 2. The molecule has 20 heavy (non-hydrogen) atoms. The summed E-state index contributed by atoms with van der Waals surface area (Å²) < 4.78 is 24.6. The first kappa shape index (κ1) is 13.4. The number of aliphatic hydroxyl groups is 1. The Morgan fingerprint density at radius 2 is 1.65 bits per heavy atom. The first-order chi connectivity index (χ1) is 9.65. The van der Waals surface area contributed by atoms with Gasteiger partial charge in [-0.1, -0.05) is 28.1 Å². The average Bonchev–Trinajstić information content (AvgIpc) is 2.46. The Labute approximate surface area is 124 Å². The lowest BCUT2D eigenvalue weighted by atomic mass is 10.0. The summed E-state index contributed by atoms with van der Waals surface area (Å²) in [7, 11) is 0. The summed E-state index contributed by atoms with van der Waals surface area (Å²) >= 11 is 3.42. The second-order valence-electron chi connectivity index (χ2n) is 4.47. The first-order valence-corrected chi connectivity index (χ1v) is 6.97. The van der Waals surface area contributed by atoms with Crippen LogP contribution in [0.25, 0.3) is 0 Å². The summed E-state index contributed by atoms with van der Waals surface area (Å²) in [5, 5.41) is 10.4. The highest BCUT2D eigenvalue weighted by atomic mass is 79.9. The fourth-order valence-electron chi connectivity index (χ4n) is 2.11. The Kier molecular flexibility index (Phi) is 3.63. The van der Waals surface area contributed by atoms with E-state index in [0.29, 0.717) is 35.8 Å². The van der Waals surface area contributed by atoms with Crippen LogP contribution in [0, 0.1) is 5.82 Å². The van der Waals surface area contributed by atoms with Crippen LogP contribution in [0.4, 0.5) is 4.39 Å². The van der Waals surface area contributed by atoms with E-state index < -0.39 is 6.10 Å². The highest BCUT2D eigenvalue weighted by molar-refractivity contribution is 9.10. The van der Waals surface area contributed by atoms with Gasteiger partial charge < -0.3 is 14.6 Å². The van der Waals surface area contributed by atoms with E-state index in [1.165, 1.54) is 12.1 Å². The number of halogens is 2. The zero-order valence-corrected chi connectivity index (χ0v) is 12.1. The molecule has 5 heteroatoms. The highest BCUT2D eigenvalue weighted by Gasteiger charge is 2.20. The smallest absolute Gasteiger partial charge is 0.162 e. The van der Waals surface area contributed by atoms with Crippen molar-refractivity contribution < 1.29 is 19.0 Å². The molecule has 0 aliphatic carbocycles. The predicted octanol–water partition coefficient (Wildman–Crippen LogP) is 3.44. The summed E-state index contributed by atoms with van der Waals surface area (Å²) in [5.74, 6) is 0.927. The molecule has 1 unspecified atom stereocenters. The van der Waals surface area contributed by atoms with Crippen LogP contribution in [0.1, 0.15) is 17.2 Å². The largest absolute Gasteiger partial charge is 0.486 e. The lowest BCUT2D eigenvalue weighted by molar-refractivity contribution is 0.169. The van der Waals surface area contributed by atoms with Crippen LogP contribution in [0.3, 0.4) is 0 Å². The van der Waals surface area contributed by atoms with E-state index in [1.54, 1.807) is 24.3 Å². The van der Waals surface area contributed by atoms with Gasteiger partial charge in [-0.2, -0.15) is 0 Å². The van der Waals surface area contributed by atoms with Gasteiger partial charge in [0.25, 0.3) is 0 Å². The van der Waals surface area contributed by atoms with Gasteiger partial charge in [-0.15, -0.1) is 0 Å². The molecule has 0 aromatic heterocycles. The van der Waals surface area contributed by atoms with Crippen molar-refractivity contribution in [2.24, 2.45) is 0 Å². The molecule has 1 atom stereocenters. The molecular formula is C15H12BrFO3. The van der Waals surface area contributed by atoms with Gasteiger partial charge >= 0.3 is 0 Å². The van der Waals surface area contributed by atoms with E-state index in [-0.39, 0.29) is 5.82 Å². The second-order valence-corrected chi connectivity index (χ2v) is 5.33. The fourth-order valence-corrected chi connectivity index (χ4v) is 2.65. The molecule has 0 spiro atoms. The fraction of sp³-hybridized carbons (Fsp3) is 0.200. The van der Waals surface area contributed by atoms with Crippen molar-refractivity contribution in [2.75, 3.05) is 13.2 Å². The van der Waals surface area contributed by atoms with Crippen LogP contribution in [0.5, 0.6) is 11.5 Å². The van der Waals surface area contributed by atoms with Gasteiger partial charge in [0.1, 0.15) is 25.1 Å². The Balaban J connectivity index is 1.98. The number of benzene rings is 2. The van der Waals surface area contributed by atoms with E-state index in [0.717, 1.165) is 4.47 Å². The lowest BCUT2D eigenvalue weighted by Crippen LogP contribution is -2.16. The molecule has 1 aliphatic heterocycles. The maximum atomic E-state index is 12.9. The monoisotopic (exact) mass is 338 g/mol. The number of fused-ring (bicyclic) bond motifs is 1. The third kappa shape index (κ3) is 2.51. The Bertz CT molecular complexity index is 628. The molecule has 0 fully saturated rings. The average molecular weight is 339 g/mol. The summed E-state index contributed by atoms with van der Waals surface area (Å²) in [4.78, 5) is 0. The van der Waals surface area contributed by atoms with E-state index in [9.17, 15) is 9.50 Å². The molecule has 0 saturated heterocycles. The minimum absolute atomic E-state index is 0.331.